The van der Waals surface area contributed by atoms with Crippen LogP contribution in [0.15, 0.2) is 0 Å². The molecular weight excluding hydrogens is 200 g/mol. The molecule has 0 radical (unpaired) electrons. The molecule has 2 aliphatic carbocycles. The fourth-order valence-corrected chi connectivity index (χ4v) is 3.27. The quantitative estimate of drug-likeness (QED) is 0.733. The van der Waals surface area contributed by atoms with Crippen LogP contribution in [0.1, 0.15) is 46.0 Å². The van der Waals surface area contributed by atoms with E-state index in [4.69, 9.17) is 0 Å². The van der Waals surface area contributed by atoms with E-state index in [0.29, 0.717) is 11.9 Å². The highest BCUT2D eigenvalue weighted by Crippen LogP contribution is 2.42. The first-order valence-corrected chi connectivity index (χ1v) is 6.68. The van der Waals surface area contributed by atoms with E-state index in [-0.39, 0.29) is 5.54 Å². The van der Waals surface area contributed by atoms with Crippen molar-refractivity contribution in [1.82, 2.24) is 10.2 Å². The molecule has 3 rings (SSSR count). The number of amides is 1. The van der Waals surface area contributed by atoms with E-state index in [0.717, 1.165) is 31.3 Å². The maximum Gasteiger partial charge on any atom is 0.244 e. The summed E-state index contributed by atoms with van der Waals surface area (Å²) < 4.78 is 0. The van der Waals surface area contributed by atoms with Crippen molar-refractivity contribution < 1.29 is 4.79 Å². The largest absolute Gasteiger partial charge is 0.325 e. The average molecular weight is 222 g/mol. The lowest BCUT2D eigenvalue weighted by Crippen LogP contribution is -2.43. The van der Waals surface area contributed by atoms with E-state index in [9.17, 15) is 4.79 Å². The molecule has 3 heteroatoms. The molecular formula is C13H22N2O. The molecule has 3 unspecified atom stereocenters. The molecule has 1 spiro atoms. The van der Waals surface area contributed by atoms with Crippen LogP contribution in [0.2, 0.25) is 0 Å². The minimum atomic E-state index is -0.105. The van der Waals surface area contributed by atoms with E-state index in [1.54, 1.807) is 0 Å². The van der Waals surface area contributed by atoms with E-state index >= 15 is 0 Å². The smallest absolute Gasteiger partial charge is 0.244 e. The second-order valence-corrected chi connectivity index (χ2v) is 6.11. The van der Waals surface area contributed by atoms with Gasteiger partial charge in [-0.3, -0.25) is 10.1 Å². The van der Waals surface area contributed by atoms with Crippen molar-refractivity contribution in [2.24, 2.45) is 11.8 Å². The first-order chi connectivity index (χ1) is 7.62. The van der Waals surface area contributed by atoms with Crippen LogP contribution in [0, 0.1) is 11.8 Å². The molecule has 1 N–H and O–H groups in total. The highest BCUT2D eigenvalue weighted by atomic mass is 16.2. The molecule has 3 nitrogen and oxygen atoms in total. The van der Waals surface area contributed by atoms with Gasteiger partial charge in [-0.05, 0) is 43.9 Å². The molecule has 2 saturated carbocycles. The van der Waals surface area contributed by atoms with Crippen LogP contribution in [0.4, 0.5) is 0 Å². The normalized spacial score (nSPS) is 41.8. The second-order valence-electron chi connectivity index (χ2n) is 6.11. The van der Waals surface area contributed by atoms with Gasteiger partial charge < -0.3 is 4.90 Å². The van der Waals surface area contributed by atoms with Crippen LogP contribution < -0.4 is 5.32 Å². The lowest BCUT2D eigenvalue weighted by atomic mass is 9.78. The van der Waals surface area contributed by atoms with Gasteiger partial charge in [-0.2, -0.15) is 0 Å². The Labute approximate surface area is 97.6 Å². The van der Waals surface area contributed by atoms with Crippen LogP contribution in [0.25, 0.3) is 0 Å². The molecule has 1 aliphatic heterocycles. The Balaban J connectivity index is 1.68. The Kier molecular flexibility index (Phi) is 2.29. The molecule has 3 atom stereocenters. The molecule has 3 aliphatic rings. The summed E-state index contributed by atoms with van der Waals surface area (Å²) in [6.45, 7) is 5.47. The molecule has 1 heterocycles. The summed E-state index contributed by atoms with van der Waals surface area (Å²) >= 11 is 0. The standard InChI is InChI=1S/C13H22N2O/c1-9-3-4-11(7-10(9)2)15-8-14-13(5-6-13)12(15)16/h9-11,14H,3-8H2,1-2H3. The zero-order chi connectivity index (χ0) is 11.3. The van der Waals surface area contributed by atoms with Gasteiger partial charge in [0.25, 0.3) is 0 Å². The average Bonchev–Trinajstić information content (AvgIpc) is 2.97. The Morgan fingerprint density at radius 2 is 2.00 bits per heavy atom. The monoisotopic (exact) mass is 222 g/mol. The van der Waals surface area contributed by atoms with Crippen molar-refractivity contribution in [2.45, 2.75) is 57.5 Å². The second kappa shape index (κ2) is 3.46. The molecule has 0 aromatic carbocycles. The zero-order valence-electron chi connectivity index (χ0n) is 10.3. The third kappa shape index (κ3) is 1.48. The van der Waals surface area contributed by atoms with Crippen LogP contribution in [0.5, 0.6) is 0 Å². The molecule has 90 valence electrons. The number of carbonyl (C=O) groups excluding carboxylic acids is 1. The summed E-state index contributed by atoms with van der Waals surface area (Å²) in [5.41, 5.74) is -0.105. The maximum atomic E-state index is 12.2. The predicted molar refractivity (Wildman–Crippen MR) is 62.8 cm³/mol. The van der Waals surface area contributed by atoms with Crippen LogP contribution >= 0.6 is 0 Å². The van der Waals surface area contributed by atoms with Crippen LogP contribution in [-0.4, -0.2) is 29.1 Å². The van der Waals surface area contributed by atoms with Crippen molar-refractivity contribution in [2.75, 3.05) is 6.67 Å². The molecule has 1 amide bonds. The summed E-state index contributed by atoms with van der Waals surface area (Å²) in [4.78, 5) is 14.4. The summed E-state index contributed by atoms with van der Waals surface area (Å²) in [6, 6.07) is 0.506. The van der Waals surface area contributed by atoms with E-state index < -0.39 is 0 Å². The predicted octanol–water partition coefficient (Wildman–Crippen LogP) is 1.73. The number of rotatable bonds is 1. The molecule has 0 bridgehead atoms. The van der Waals surface area contributed by atoms with E-state index in [1.165, 1.54) is 19.3 Å². The zero-order valence-corrected chi connectivity index (χ0v) is 10.3. The summed E-state index contributed by atoms with van der Waals surface area (Å²) in [5.74, 6) is 1.98. The van der Waals surface area contributed by atoms with Gasteiger partial charge in [-0.25, -0.2) is 0 Å². The summed E-state index contributed by atoms with van der Waals surface area (Å²) in [5, 5.41) is 3.41. The third-order valence-electron chi connectivity index (χ3n) is 5.02. The Hall–Kier alpha value is -0.570. The molecule has 0 aromatic rings. The minimum absolute atomic E-state index is 0.105. The van der Waals surface area contributed by atoms with Gasteiger partial charge in [0.05, 0.1) is 12.2 Å². The fraction of sp³-hybridized carbons (Fsp3) is 0.923. The number of hydrogen-bond donors (Lipinski definition) is 1. The van der Waals surface area contributed by atoms with Crippen molar-refractivity contribution >= 4 is 5.91 Å². The van der Waals surface area contributed by atoms with Crippen LogP contribution in [0.3, 0.4) is 0 Å². The topological polar surface area (TPSA) is 32.3 Å². The molecule has 1 saturated heterocycles. The summed E-state index contributed by atoms with van der Waals surface area (Å²) in [7, 11) is 0. The van der Waals surface area contributed by atoms with Crippen molar-refractivity contribution in [1.29, 1.82) is 0 Å². The minimum Gasteiger partial charge on any atom is -0.325 e. The van der Waals surface area contributed by atoms with Gasteiger partial charge in [0, 0.05) is 6.04 Å². The highest BCUT2D eigenvalue weighted by Gasteiger charge is 2.56. The highest BCUT2D eigenvalue weighted by molar-refractivity contribution is 5.91. The summed E-state index contributed by atoms with van der Waals surface area (Å²) in [6.07, 6.45) is 5.80. The van der Waals surface area contributed by atoms with Gasteiger partial charge in [0.2, 0.25) is 5.91 Å². The number of carbonyl (C=O) groups is 1. The van der Waals surface area contributed by atoms with Gasteiger partial charge >= 0.3 is 0 Å². The lowest BCUT2D eigenvalue weighted by molar-refractivity contribution is -0.132. The van der Waals surface area contributed by atoms with Gasteiger partial charge in [-0.1, -0.05) is 13.8 Å². The van der Waals surface area contributed by atoms with Gasteiger partial charge in [0.1, 0.15) is 0 Å². The van der Waals surface area contributed by atoms with Gasteiger partial charge in [-0.15, -0.1) is 0 Å². The van der Waals surface area contributed by atoms with E-state index in [2.05, 4.69) is 24.1 Å². The van der Waals surface area contributed by atoms with Crippen molar-refractivity contribution in [3.05, 3.63) is 0 Å². The van der Waals surface area contributed by atoms with Crippen molar-refractivity contribution in [3.63, 3.8) is 0 Å². The first kappa shape index (κ1) is 10.6. The molecule has 16 heavy (non-hydrogen) atoms. The number of nitrogens with zero attached hydrogens (tertiary/aromatic N) is 1. The Bertz CT molecular complexity index is 311. The van der Waals surface area contributed by atoms with Gasteiger partial charge in [0.15, 0.2) is 0 Å². The third-order valence-corrected chi connectivity index (χ3v) is 5.02. The van der Waals surface area contributed by atoms with Crippen molar-refractivity contribution in [3.8, 4) is 0 Å². The SMILES string of the molecule is CC1CCC(N2CNC3(CC3)C2=O)CC1C. The number of nitrogens with one attached hydrogen (secondary N) is 1. The Morgan fingerprint density at radius 3 is 2.56 bits per heavy atom. The molecule has 0 aromatic heterocycles. The number of hydrogen-bond acceptors (Lipinski definition) is 2. The van der Waals surface area contributed by atoms with E-state index in [1.807, 2.05) is 0 Å². The fourth-order valence-electron chi connectivity index (χ4n) is 3.27. The van der Waals surface area contributed by atoms with Crippen LogP contribution in [-0.2, 0) is 4.79 Å². The molecule has 3 fully saturated rings. The lowest BCUT2D eigenvalue weighted by Gasteiger charge is -2.37. The Morgan fingerprint density at radius 1 is 1.25 bits per heavy atom. The maximum absolute atomic E-state index is 12.2. The first-order valence-electron chi connectivity index (χ1n) is 6.68.